The van der Waals surface area contributed by atoms with E-state index in [1.165, 1.54) is 4.70 Å². The van der Waals surface area contributed by atoms with Crippen molar-refractivity contribution in [2.24, 2.45) is 5.73 Å². The third-order valence-corrected chi connectivity index (χ3v) is 4.12. The average Bonchev–Trinajstić information content (AvgIpc) is 2.90. The van der Waals surface area contributed by atoms with Crippen molar-refractivity contribution in [1.82, 2.24) is 4.98 Å². The lowest BCUT2D eigenvalue weighted by Crippen LogP contribution is -1.94. The highest BCUT2D eigenvalue weighted by Crippen LogP contribution is 2.32. The van der Waals surface area contributed by atoms with E-state index in [4.69, 9.17) is 10.5 Å². The second-order valence-electron chi connectivity index (χ2n) is 4.25. The summed E-state index contributed by atoms with van der Waals surface area (Å²) in [4.78, 5) is 4.65. The number of nitrogens with zero attached hydrogens (tertiary/aromatic N) is 1. The quantitative estimate of drug-likeness (QED) is 0.793. The minimum Gasteiger partial charge on any atom is -0.497 e. The van der Waals surface area contributed by atoms with Crippen molar-refractivity contribution in [3.8, 4) is 16.3 Å². The van der Waals surface area contributed by atoms with Crippen molar-refractivity contribution in [1.29, 1.82) is 0 Å². The molecular formula is C15H14N2OS. The third kappa shape index (κ3) is 2.32. The fourth-order valence-corrected chi connectivity index (χ4v) is 2.89. The van der Waals surface area contributed by atoms with Crippen LogP contribution in [0.4, 0.5) is 0 Å². The van der Waals surface area contributed by atoms with E-state index >= 15 is 0 Å². The lowest BCUT2D eigenvalue weighted by atomic mass is 10.1. The summed E-state index contributed by atoms with van der Waals surface area (Å²) in [5, 5.41) is 1.02. The Morgan fingerprint density at radius 2 is 1.95 bits per heavy atom. The van der Waals surface area contributed by atoms with Gasteiger partial charge in [-0.05, 0) is 17.7 Å². The maximum atomic E-state index is 5.60. The largest absolute Gasteiger partial charge is 0.497 e. The Morgan fingerprint density at radius 3 is 2.63 bits per heavy atom. The van der Waals surface area contributed by atoms with Gasteiger partial charge in [0.05, 0.1) is 17.3 Å². The van der Waals surface area contributed by atoms with Gasteiger partial charge in [-0.3, -0.25) is 0 Å². The molecule has 4 heteroatoms. The number of hydrogen-bond acceptors (Lipinski definition) is 4. The molecule has 0 bridgehead atoms. The monoisotopic (exact) mass is 270 g/mol. The summed E-state index contributed by atoms with van der Waals surface area (Å²) >= 11 is 1.69. The molecule has 1 aromatic heterocycles. The maximum Gasteiger partial charge on any atom is 0.124 e. The molecule has 0 spiro atoms. The number of methoxy groups -OCH3 is 1. The number of benzene rings is 2. The average molecular weight is 270 g/mol. The first-order valence-corrected chi connectivity index (χ1v) is 6.86. The second kappa shape index (κ2) is 4.99. The van der Waals surface area contributed by atoms with Gasteiger partial charge in [0.15, 0.2) is 0 Å². The Kier molecular flexibility index (Phi) is 3.19. The number of thiazole rings is 1. The molecule has 2 aromatic carbocycles. The molecule has 3 rings (SSSR count). The summed E-state index contributed by atoms with van der Waals surface area (Å²) < 4.78 is 6.38. The van der Waals surface area contributed by atoms with Gasteiger partial charge in [-0.2, -0.15) is 0 Å². The van der Waals surface area contributed by atoms with E-state index in [-0.39, 0.29) is 0 Å². The summed E-state index contributed by atoms with van der Waals surface area (Å²) in [6.07, 6.45) is 0. The topological polar surface area (TPSA) is 48.1 Å². The van der Waals surface area contributed by atoms with Crippen LogP contribution in [-0.2, 0) is 6.54 Å². The maximum absolute atomic E-state index is 5.60. The van der Waals surface area contributed by atoms with Crippen LogP contribution in [-0.4, -0.2) is 12.1 Å². The van der Waals surface area contributed by atoms with Crippen LogP contribution in [0.2, 0.25) is 0 Å². The summed E-state index contributed by atoms with van der Waals surface area (Å²) in [6, 6.07) is 14.2. The summed E-state index contributed by atoms with van der Waals surface area (Å²) in [7, 11) is 1.67. The Labute approximate surface area is 115 Å². The molecule has 19 heavy (non-hydrogen) atoms. The zero-order valence-electron chi connectivity index (χ0n) is 10.6. The number of nitrogens with two attached hydrogens (primary N) is 1. The predicted octanol–water partition coefficient (Wildman–Crippen LogP) is 3.43. The van der Waals surface area contributed by atoms with Crippen LogP contribution in [0, 0.1) is 0 Å². The van der Waals surface area contributed by atoms with Crippen molar-refractivity contribution in [3.05, 3.63) is 48.0 Å². The molecule has 96 valence electrons. The SMILES string of the molecule is COc1ccc2sc(-c3ccc(CN)cc3)nc2c1. The van der Waals surface area contributed by atoms with Gasteiger partial charge in [0, 0.05) is 18.2 Å². The smallest absolute Gasteiger partial charge is 0.124 e. The molecule has 0 saturated heterocycles. The van der Waals surface area contributed by atoms with Crippen LogP contribution < -0.4 is 10.5 Å². The summed E-state index contributed by atoms with van der Waals surface area (Å²) in [5.41, 5.74) is 8.83. The fourth-order valence-electron chi connectivity index (χ4n) is 1.94. The number of aromatic nitrogens is 1. The molecule has 0 unspecified atom stereocenters. The van der Waals surface area contributed by atoms with Crippen LogP contribution in [0.1, 0.15) is 5.56 Å². The molecule has 3 nitrogen and oxygen atoms in total. The number of ether oxygens (including phenoxy) is 1. The molecule has 0 atom stereocenters. The fraction of sp³-hybridized carbons (Fsp3) is 0.133. The first kappa shape index (κ1) is 12.1. The van der Waals surface area contributed by atoms with Crippen LogP contribution in [0.15, 0.2) is 42.5 Å². The second-order valence-corrected chi connectivity index (χ2v) is 5.28. The molecule has 0 saturated carbocycles. The summed E-state index contributed by atoms with van der Waals surface area (Å²) in [5.74, 6) is 0.836. The number of rotatable bonds is 3. The molecule has 0 aliphatic rings. The van der Waals surface area contributed by atoms with Gasteiger partial charge in [-0.15, -0.1) is 11.3 Å². The predicted molar refractivity (Wildman–Crippen MR) is 79.5 cm³/mol. The van der Waals surface area contributed by atoms with Gasteiger partial charge in [0.25, 0.3) is 0 Å². The zero-order chi connectivity index (χ0) is 13.2. The van der Waals surface area contributed by atoms with Crippen molar-refractivity contribution in [2.45, 2.75) is 6.54 Å². The molecule has 2 N–H and O–H groups in total. The Hall–Kier alpha value is -1.91. The van der Waals surface area contributed by atoms with E-state index in [0.717, 1.165) is 27.4 Å². The Balaban J connectivity index is 2.04. The lowest BCUT2D eigenvalue weighted by Gasteiger charge is -1.98. The first-order valence-electron chi connectivity index (χ1n) is 6.04. The van der Waals surface area contributed by atoms with Crippen molar-refractivity contribution >= 4 is 21.6 Å². The van der Waals surface area contributed by atoms with Gasteiger partial charge < -0.3 is 10.5 Å². The zero-order valence-corrected chi connectivity index (χ0v) is 11.4. The number of fused-ring (bicyclic) bond motifs is 1. The molecule has 0 fully saturated rings. The minimum absolute atomic E-state index is 0.567. The van der Waals surface area contributed by atoms with Crippen LogP contribution >= 0.6 is 11.3 Å². The highest BCUT2D eigenvalue weighted by atomic mass is 32.1. The van der Waals surface area contributed by atoms with Gasteiger partial charge in [0.2, 0.25) is 0 Å². The third-order valence-electron chi connectivity index (χ3n) is 3.03. The molecule has 0 radical (unpaired) electrons. The van der Waals surface area contributed by atoms with Crippen molar-refractivity contribution in [3.63, 3.8) is 0 Å². The standard InChI is InChI=1S/C15H14N2OS/c1-18-12-6-7-14-13(8-12)17-15(19-14)11-4-2-10(9-16)3-5-11/h2-8H,9,16H2,1H3. The van der Waals surface area contributed by atoms with E-state index in [9.17, 15) is 0 Å². The molecule has 0 amide bonds. The van der Waals surface area contributed by atoms with Gasteiger partial charge in [-0.1, -0.05) is 24.3 Å². The minimum atomic E-state index is 0.567. The van der Waals surface area contributed by atoms with Gasteiger partial charge in [-0.25, -0.2) is 4.98 Å². The molecule has 0 aliphatic carbocycles. The van der Waals surface area contributed by atoms with Crippen molar-refractivity contribution < 1.29 is 4.74 Å². The molecule has 0 aliphatic heterocycles. The van der Waals surface area contributed by atoms with E-state index in [0.29, 0.717) is 6.54 Å². The van der Waals surface area contributed by atoms with Gasteiger partial charge >= 0.3 is 0 Å². The highest BCUT2D eigenvalue weighted by molar-refractivity contribution is 7.21. The van der Waals surface area contributed by atoms with Gasteiger partial charge in [0.1, 0.15) is 10.8 Å². The highest BCUT2D eigenvalue weighted by Gasteiger charge is 2.07. The number of hydrogen-bond donors (Lipinski definition) is 1. The van der Waals surface area contributed by atoms with E-state index < -0.39 is 0 Å². The Bertz CT molecular complexity index is 704. The van der Waals surface area contributed by atoms with E-state index in [2.05, 4.69) is 17.1 Å². The van der Waals surface area contributed by atoms with Crippen LogP contribution in [0.25, 0.3) is 20.8 Å². The van der Waals surface area contributed by atoms with Crippen LogP contribution in [0.3, 0.4) is 0 Å². The van der Waals surface area contributed by atoms with Crippen LogP contribution in [0.5, 0.6) is 5.75 Å². The normalized spacial score (nSPS) is 10.8. The Morgan fingerprint density at radius 1 is 1.16 bits per heavy atom. The molecule has 1 heterocycles. The van der Waals surface area contributed by atoms with E-state index in [1.807, 2.05) is 30.3 Å². The molecule has 3 aromatic rings. The first-order chi connectivity index (χ1) is 9.30. The summed E-state index contributed by atoms with van der Waals surface area (Å²) in [6.45, 7) is 0.567. The lowest BCUT2D eigenvalue weighted by molar-refractivity contribution is 0.415. The van der Waals surface area contributed by atoms with Crippen molar-refractivity contribution in [2.75, 3.05) is 7.11 Å². The van der Waals surface area contributed by atoms with E-state index in [1.54, 1.807) is 18.4 Å². The molecular weight excluding hydrogens is 256 g/mol.